The fourth-order valence-corrected chi connectivity index (χ4v) is 4.85. The second-order valence-corrected chi connectivity index (χ2v) is 9.10. The molecule has 0 saturated heterocycles. The number of aryl methyl sites for hydroxylation is 1. The van der Waals surface area contributed by atoms with Gasteiger partial charge in [-0.1, -0.05) is 86.5 Å². The molecular weight excluding hydrogens is 426 g/mol. The van der Waals surface area contributed by atoms with E-state index in [0.29, 0.717) is 15.6 Å². The molecule has 3 rings (SSSR count). The fourth-order valence-electron chi connectivity index (χ4n) is 3.34. The smallest absolute Gasteiger partial charge is 0.0340 e. The lowest BCUT2D eigenvalue weighted by atomic mass is 9.79. The Kier molecular flexibility index (Phi) is 6.54. The van der Waals surface area contributed by atoms with Crippen molar-refractivity contribution in [1.82, 2.24) is 4.90 Å². The lowest BCUT2D eigenvalue weighted by molar-refractivity contribution is 0.322. The summed E-state index contributed by atoms with van der Waals surface area (Å²) in [5.41, 5.74) is 4.31. The van der Waals surface area contributed by atoms with Gasteiger partial charge in [-0.2, -0.15) is 0 Å². The van der Waals surface area contributed by atoms with Crippen LogP contribution < -0.4 is 0 Å². The summed E-state index contributed by atoms with van der Waals surface area (Å²) < 4.78 is 0. The Morgan fingerprint density at radius 3 is 2.29 bits per heavy atom. The van der Waals surface area contributed by atoms with E-state index in [1.165, 1.54) is 29.5 Å². The third-order valence-corrected chi connectivity index (χ3v) is 7.85. The molecular formula is C21H25Br2N. The summed E-state index contributed by atoms with van der Waals surface area (Å²) in [7, 11) is 2.21. The number of alkyl halides is 2. The van der Waals surface area contributed by atoms with Gasteiger partial charge in [0.05, 0.1) is 0 Å². The zero-order valence-electron chi connectivity index (χ0n) is 14.2. The van der Waals surface area contributed by atoms with E-state index in [1.54, 1.807) is 0 Å². The average molecular weight is 451 g/mol. The number of nitrogens with zero attached hydrogens (tertiary/aromatic N) is 1. The number of hydrogen-bond acceptors (Lipinski definition) is 1. The first-order chi connectivity index (χ1) is 11.6. The Labute approximate surface area is 162 Å². The van der Waals surface area contributed by atoms with E-state index in [1.807, 2.05) is 0 Å². The molecule has 1 aliphatic rings. The largest absolute Gasteiger partial charge is 0.302 e. The second-order valence-electron chi connectivity index (χ2n) is 6.87. The molecule has 1 aliphatic carbocycles. The molecule has 24 heavy (non-hydrogen) atoms. The highest BCUT2D eigenvalue weighted by atomic mass is 79.9. The minimum absolute atomic E-state index is 0.579. The molecule has 0 radical (unpaired) electrons. The number of halogens is 2. The summed E-state index contributed by atoms with van der Waals surface area (Å²) in [6.45, 7) is 2.16. The van der Waals surface area contributed by atoms with E-state index in [2.05, 4.69) is 98.4 Å². The van der Waals surface area contributed by atoms with Gasteiger partial charge < -0.3 is 4.90 Å². The van der Waals surface area contributed by atoms with Gasteiger partial charge in [0.25, 0.3) is 0 Å². The van der Waals surface area contributed by atoms with Crippen LogP contribution in [0.25, 0.3) is 0 Å². The molecule has 128 valence electrons. The summed E-state index contributed by atoms with van der Waals surface area (Å²) in [5.74, 6) is 0.667. The van der Waals surface area contributed by atoms with Crippen molar-refractivity contribution in [2.45, 2.75) is 41.4 Å². The van der Waals surface area contributed by atoms with Crippen LogP contribution in [0.15, 0.2) is 54.6 Å². The van der Waals surface area contributed by atoms with Gasteiger partial charge in [-0.3, -0.25) is 0 Å². The Balaban J connectivity index is 1.42. The molecule has 3 unspecified atom stereocenters. The molecule has 0 bridgehead atoms. The van der Waals surface area contributed by atoms with Crippen LogP contribution in [-0.2, 0) is 13.0 Å². The molecule has 3 atom stereocenters. The van der Waals surface area contributed by atoms with Crippen LogP contribution in [0.4, 0.5) is 0 Å². The van der Waals surface area contributed by atoms with Crippen LogP contribution in [0, 0.1) is 0 Å². The first-order valence-corrected chi connectivity index (χ1v) is 10.6. The minimum Gasteiger partial charge on any atom is -0.302 e. The summed E-state index contributed by atoms with van der Waals surface area (Å²) in [6, 6.07) is 20.0. The first kappa shape index (κ1) is 18.2. The predicted molar refractivity (Wildman–Crippen MR) is 110 cm³/mol. The van der Waals surface area contributed by atoms with Crippen molar-refractivity contribution < 1.29 is 0 Å². The Hall–Kier alpha value is -0.640. The normalized spacial score (nSPS) is 23.2. The van der Waals surface area contributed by atoms with Crippen molar-refractivity contribution in [3.63, 3.8) is 0 Å². The molecule has 1 fully saturated rings. The van der Waals surface area contributed by atoms with Crippen molar-refractivity contribution in [3.8, 4) is 0 Å². The third kappa shape index (κ3) is 4.71. The second kappa shape index (κ2) is 8.64. The summed E-state index contributed by atoms with van der Waals surface area (Å²) in [6.07, 6.45) is 3.60. The molecule has 0 amide bonds. The fraction of sp³-hybridized carbons (Fsp3) is 0.429. The van der Waals surface area contributed by atoms with E-state index in [-0.39, 0.29) is 0 Å². The number of hydrogen-bond donors (Lipinski definition) is 0. The molecule has 3 heteroatoms. The predicted octanol–water partition coefficient (Wildman–Crippen LogP) is 5.77. The molecule has 0 spiro atoms. The van der Waals surface area contributed by atoms with Gasteiger partial charge in [-0.05, 0) is 55.5 Å². The van der Waals surface area contributed by atoms with E-state index in [4.69, 9.17) is 0 Å². The van der Waals surface area contributed by atoms with Crippen LogP contribution in [0.1, 0.15) is 35.4 Å². The van der Waals surface area contributed by atoms with Crippen LogP contribution in [0.5, 0.6) is 0 Å². The SMILES string of the molecule is CN(CCCc1ccc(C2CC(Br)C2Br)cc1)Cc1ccccc1. The van der Waals surface area contributed by atoms with Crippen molar-refractivity contribution >= 4 is 31.9 Å². The first-order valence-electron chi connectivity index (χ1n) is 8.73. The van der Waals surface area contributed by atoms with Crippen molar-refractivity contribution in [2.75, 3.05) is 13.6 Å². The van der Waals surface area contributed by atoms with Crippen LogP contribution in [-0.4, -0.2) is 28.1 Å². The maximum Gasteiger partial charge on any atom is 0.0340 e. The minimum atomic E-state index is 0.579. The lowest BCUT2D eigenvalue weighted by Gasteiger charge is -2.38. The van der Waals surface area contributed by atoms with Crippen LogP contribution in [0.2, 0.25) is 0 Å². The Bertz CT molecular complexity index is 626. The van der Waals surface area contributed by atoms with Crippen molar-refractivity contribution in [3.05, 3.63) is 71.3 Å². The van der Waals surface area contributed by atoms with Crippen LogP contribution in [0.3, 0.4) is 0 Å². The molecule has 0 heterocycles. The molecule has 1 nitrogen and oxygen atoms in total. The van der Waals surface area contributed by atoms with Gasteiger partial charge in [-0.15, -0.1) is 0 Å². The quantitative estimate of drug-likeness (QED) is 0.484. The number of rotatable bonds is 7. The summed E-state index contributed by atoms with van der Waals surface area (Å²) in [4.78, 5) is 3.61. The standard InChI is InChI=1S/C21H25Br2N/c1-24(15-17-6-3-2-4-7-17)13-5-8-16-9-11-18(12-10-16)19-14-20(22)21(19)23/h2-4,6-7,9-12,19-21H,5,8,13-15H2,1H3. The number of benzene rings is 2. The summed E-state index contributed by atoms with van der Waals surface area (Å²) in [5, 5.41) is 0. The lowest BCUT2D eigenvalue weighted by Crippen LogP contribution is -2.35. The van der Waals surface area contributed by atoms with E-state index < -0.39 is 0 Å². The zero-order chi connectivity index (χ0) is 16.9. The molecule has 2 aromatic rings. The van der Waals surface area contributed by atoms with Crippen molar-refractivity contribution in [2.24, 2.45) is 0 Å². The van der Waals surface area contributed by atoms with E-state index in [9.17, 15) is 0 Å². The maximum absolute atomic E-state index is 3.78. The maximum atomic E-state index is 3.78. The van der Waals surface area contributed by atoms with Crippen LogP contribution >= 0.6 is 31.9 Å². The zero-order valence-corrected chi connectivity index (χ0v) is 17.3. The summed E-state index contributed by atoms with van der Waals surface area (Å²) >= 11 is 7.48. The van der Waals surface area contributed by atoms with Gasteiger partial charge in [0.2, 0.25) is 0 Å². The van der Waals surface area contributed by atoms with Gasteiger partial charge in [0.15, 0.2) is 0 Å². The van der Waals surface area contributed by atoms with Gasteiger partial charge in [-0.25, -0.2) is 0 Å². The van der Waals surface area contributed by atoms with Gasteiger partial charge in [0, 0.05) is 16.2 Å². The van der Waals surface area contributed by atoms with E-state index in [0.717, 1.165) is 19.5 Å². The van der Waals surface area contributed by atoms with Gasteiger partial charge >= 0.3 is 0 Å². The topological polar surface area (TPSA) is 3.24 Å². The molecule has 0 aromatic heterocycles. The van der Waals surface area contributed by atoms with E-state index >= 15 is 0 Å². The molecule has 0 aliphatic heterocycles. The molecule has 1 saturated carbocycles. The monoisotopic (exact) mass is 449 g/mol. The Morgan fingerprint density at radius 2 is 1.67 bits per heavy atom. The third-order valence-electron chi connectivity index (χ3n) is 4.92. The molecule has 2 aromatic carbocycles. The average Bonchev–Trinajstić information content (AvgIpc) is 2.61. The van der Waals surface area contributed by atoms with Crippen molar-refractivity contribution in [1.29, 1.82) is 0 Å². The van der Waals surface area contributed by atoms with Gasteiger partial charge in [0.1, 0.15) is 0 Å². The highest BCUT2D eigenvalue weighted by Gasteiger charge is 2.38. The Morgan fingerprint density at radius 1 is 0.958 bits per heavy atom. The highest BCUT2D eigenvalue weighted by Crippen LogP contribution is 2.46. The highest BCUT2D eigenvalue weighted by molar-refractivity contribution is 9.12. The molecule has 0 N–H and O–H groups in total.